The third-order valence-corrected chi connectivity index (χ3v) is 3.12. The van der Waals surface area contributed by atoms with Gasteiger partial charge < -0.3 is 10.4 Å². The highest BCUT2D eigenvalue weighted by atomic mass is 16.4. The van der Waals surface area contributed by atoms with Gasteiger partial charge in [-0.2, -0.15) is 0 Å². The van der Waals surface area contributed by atoms with E-state index in [9.17, 15) is 9.90 Å². The first-order chi connectivity index (χ1) is 9.49. The van der Waals surface area contributed by atoms with Crippen LogP contribution in [0, 0.1) is 13.8 Å². The van der Waals surface area contributed by atoms with E-state index in [1.807, 2.05) is 26.0 Å². The lowest BCUT2D eigenvalue weighted by atomic mass is 10.1. The molecule has 0 aliphatic rings. The normalized spacial score (nSPS) is 11.9. The molecule has 20 heavy (non-hydrogen) atoms. The van der Waals surface area contributed by atoms with Crippen LogP contribution in [0.3, 0.4) is 0 Å². The maximum Gasteiger partial charge on any atom is 0.339 e. The molecule has 0 spiro atoms. The van der Waals surface area contributed by atoms with E-state index in [1.54, 1.807) is 25.4 Å². The van der Waals surface area contributed by atoms with Gasteiger partial charge in [-0.1, -0.05) is 0 Å². The molecule has 2 heterocycles. The summed E-state index contributed by atoms with van der Waals surface area (Å²) in [5.41, 5.74) is 3.16. The zero-order valence-corrected chi connectivity index (χ0v) is 11.7. The van der Waals surface area contributed by atoms with Crippen molar-refractivity contribution in [2.24, 2.45) is 0 Å². The van der Waals surface area contributed by atoms with E-state index >= 15 is 0 Å². The summed E-state index contributed by atoms with van der Waals surface area (Å²) in [6.45, 7) is 5.53. The number of carbonyl (C=O) groups is 1. The van der Waals surface area contributed by atoms with Crippen molar-refractivity contribution >= 4 is 11.7 Å². The third kappa shape index (κ3) is 2.93. The number of rotatable bonds is 4. The van der Waals surface area contributed by atoms with Crippen molar-refractivity contribution in [3.05, 3.63) is 53.1 Å². The van der Waals surface area contributed by atoms with Crippen LogP contribution in [-0.2, 0) is 0 Å². The van der Waals surface area contributed by atoms with E-state index in [0.29, 0.717) is 11.4 Å². The number of pyridine rings is 2. The van der Waals surface area contributed by atoms with E-state index in [1.165, 1.54) is 0 Å². The van der Waals surface area contributed by atoms with Crippen LogP contribution in [0.15, 0.2) is 30.6 Å². The largest absolute Gasteiger partial charge is 0.478 e. The van der Waals surface area contributed by atoms with Gasteiger partial charge in [-0.05, 0) is 44.5 Å². The summed E-state index contributed by atoms with van der Waals surface area (Å²) in [6, 6.07) is 5.55. The minimum absolute atomic E-state index is 0.0164. The van der Waals surface area contributed by atoms with Crippen molar-refractivity contribution in [3.8, 4) is 0 Å². The van der Waals surface area contributed by atoms with Gasteiger partial charge in [0.1, 0.15) is 5.56 Å². The fourth-order valence-electron chi connectivity index (χ4n) is 2.18. The average Bonchev–Trinajstić information content (AvgIpc) is 2.38. The molecule has 0 fully saturated rings. The topological polar surface area (TPSA) is 75.1 Å². The Morgan fingerprint density at radius 1 is 1.30 bits per heavy atom. The smallest absolute Gasteiger partial charge is 0.339 e. The van der Waals surface area contributed by atoms with Gasteiger partial charge >= 0.3 is 5.97 Å². The molecular formula is C15H17N3O2. The summed E-state index contributed by atoms with van der Waals surface area (Å²) < 4.78 is 0. The third-order valence-electron chi connectivity index (χ3n) is 3.12. The lowest BCUT2D eigenvalue weighted by molar-refractivity contribution is 0.0696. The number of carboxylic acids is 1. The predicted octanol–water partition coefficient (Wildman–Crippen LogP) is 2.96. The Bertz CT molecular complexity index is 627. The number of nitrogens with one attached hydrogen (secondary N) is 1. The monoisotopic (exact) mass is 271 g/mol. The Kier molecular flexibility index (Phi) is 3.98. The molecule has 5 nitrogen and oxygen atoms in total. The van der Waals surface area contributed by atoms with Crippen LogP contribution in [0.4, 0.5) is 5.69 Å². The van der Waals surface area contributed by atoms with E-state index in [-0.39, 0.29) is 11.6 Å². The number of aryl methyl sites for hydroxylation is 2. The highest BCUT2D eigenvalue weighted by molar-refractivity contribution is 5.95. The summed E-state index contributed by atoms with van der Waals surface area (Å²) in [4.78, 5) is 19.6. The van der Waals surface area contributed by atoms with Gasteiger partial charge in [-0.15, -0.1) is 0 Å². The minimum atomic E-state index is -0.973. The molecule has 2 N–H and O–H groups in total. The van der Waals surface area contributed by atoms with Crippen LogP contribution in [-0.4, -0.2) is 21.0 Å². The molecule has 0 aliphatic heterocycles. The van der Waals surface area contributed by atoms with Crippen LogP contribution in [0.1, 0.15) is 40.3 Å². The highest BCUT2D eigenvalue weighted by Crippen LogP contribution is 2.24. The molecule has 2 aromatic heterocycles. The minimum Gasteiger partial charge on any atom is -0.478 e. The Morgan fingerprint density at radius 2 is 1.95 bits per heavy atom. The van der Waals surface area contributed by atoms with Crippen LogP contribution in [0.25, 0.3) is 0 Å². The molecule has 0 radical (unpaired) electrons. The maximum absolute atomic E-state index is 11.4. The van der Waals surface area contributed by atoms with Crippen molar-refractivity contribution < 1.29 is 9.90 Å². The summed E-state index contributed by atoms with van der Waals surface area (Å²) in [6.07, 6.45) is 3.43. The number of aromatic nitrogens is 2. The van der Waals surface area contributed by atoms with Crippen LogP contribution in [0.2, 0.25) is 0 Å². The SMILES string of the molecule is Cc1cc(NC(C)c2ccncc2)c(C(=O)O)c(C)n1. The quantitative estimate of drug-likeness (QED) is 0.894. The number of hydrogen-bond acceptors (Lipinski definition) is 4. The Balaban J connectivity index is 2.36. The Morgan fingerprint density at radius 3 is 2.55 bits per heavy atom. The van der Waals surface area contributed by atoms with Gasteiger partial charge in [0.05, 0.1) is 11.4 Å². The zero-order chi connectivity index (χ0) is 14.7. The van der Waals surface area contributed by atoms with Crippen molar-refractivity contribution in [2.45, 2.75) is 26.8 Å². The fraction of sp³-hybridized carbons (Fsp3) is 0.267. The number of carboxylic acid groups (broad SMARTS) is 1. The summed E-state index contributed by atoms with van der Waals surface area (Å²) >= 11 is 0. The Hall–Kier alpha value is -2.43. The molecule has 0 saturated heterocycles. The van der Waals surface area contributed by atoms with E-state index in [0.717, 1.165) is 11.3 Å². The van der Waals surface area contributed by atoms with Gasteiger partial charge in [-0.3, -0.25) is 9.97 Å². The van der Waals surface area contributed by atoms with Crippen LogP contribution < -0.4 is 5.32 Å². The molecule has 0 aliphatic carbocycles. The van der Waals surface area contributed by atoms with Gasteiger partial charge in [-0.25, -0.2) is 4.79 Å². The molecule has 2 rings (SSSR count). The molecule has 0 amide bonds. The van der Waals surface area contributed by atoms with Crippen molar-refractivity contribution in [1.29, 1.82) is 0 Å². The maximum atomic E-state index is 11.4. The molecule has 1 unspecified atom stereocenters. The van der Waals surface area contributed by atoms with Crippen LogP contribution in [0.5, 0.6) is 0 Å². The van der Waals surface area contributed by atoms with E-state index < -0.39 is 5.97 Å². The number of aromatic carboxylic acids is 1. The second-order valence-electron chi connectivity index (χ2n) is 4.72. The summed E-state index contributed by atoms with van der Waals surface area (Å²) in [7, 11) is 0. The lowest BCUT2D eigenvalue weighted by Crippen LogP contribution is -2.13. The average molecular weight is 271 g/mol. The summed E-state index contributed by atoms with van der Waals surface area (Å²) in [5.74, 6) is -0.973. The highest BCUT2D eigenvalue weighted by Gasteiger charge is 2.17. The Labute approximate surface area is 117 Å². The molecule has 0 bridgehead atoms. The lowest BCUT2D eigenvalue weighted by Gasteiger charge is -2.18. The van der Waals surface area contributed by atoms with Gasteiger partial charge in [0.15, 0.2) is 0 Å². The first kappa shape index (κ1) is 14.0. The van der Waals surface area contributed by atoms with Crippen LogP contribution >= 0.6 is 0 Å². The first-order valence-electron chi connectivity index (χ1n) is 6.37. The molecule has 0 aromatic carbocycles. The van der Waals surface area contributed by atoms with Crippen molar-refractivity contribution in [1.82, 2.24) is 9.97 Å². The zero-order valence-electron chi connectivity index (χ0n) is 11.7. The fourth-order valence-corrected chi connectivity index (χ4v) is 2.18. The molecule has 2 aromatic rings. The molecule has 104 valence electrons. The van der Waals surface area contributed by atoms with Gasteiger partial charge in [0, 0.05) is 24.1 Å². The molecule has 5 heteroatoms. The number of anilines is 1. The molecular weight excluding hydrogens is 254 g/mol. The standard InChI is InChI=1S/C15H17N3O2/c1-9-8-13(14(15(19)20)11(3)17-9)18-10(2)12-4-6-16-7-5-12/h4-8,10H,1-3H3,(H,17,18)(H,19,20). The second-order valence-corrected chi connectivity index (χ2v) is 4.72. The predicted molar refractivity (Wildman–Crippen MR) is 76.9 cm³/mol. The number of hydrogen-bond donors (Lipinski definition) is 2. The second kappa shape index (κ2) is 5.69. The van der Waals surface area contributed by atoms with Gasteiger partial charge in [0.25, 0.3) is 0 Å². The molecule has 0 saturated carbocycles. The van der Waals surface area contributed by atoms with E-state index in [4.69, 9.17) is 0 Å². The van der Waals surface area contributed by atoms with Crippen molar-refractivity contribution in [2.75, 3.05) is 5.32 Å². The summed E-state index contributed by atoms with van der Waals surface area (Å²) in [5, 5.41) is 12.6. The number of nitrogens with zero attached hydrogens (tertiary/aromatic N) is 2. The molecule has 1 atom stereocenters. The first-order valence-corrected chi connectivity index (χ1v) is 6.37. The van der Waals surface area contributed by atoms with E-state index in [2.05, 4.69) is 15.3 Å². The van der Waals surface area contributed by atoms with Crippen molar-refractivity contribution in [3.63, 3.8) is 0 Å². The van der Waals surface area contributed by atoms with Gasteiger partial charge in [0.2, 0.25) is 0 Å².